The van der Waals surface area contributed by atoms with Gasteiger partial charge in [-0.1, -0.05) is 36.4 Å². The summed E-state index contributed by atoms with van der Waals surface area (Å²) in [5, 5.41) is 14.2. The molecule has 4 atom stereocenters. The third-order valence-corrected chi connectivity index (χ3v) is 11.3. The molecule has 0 saturated carbocycles. The molecular weight excluding hydrogens is 713 g/mol. The molecule has 14 heteroatoms. The van der Waals surface area contributed by atoms with Crippen molar-refractivity contribution >= 4 is 56.8 Å². The summed E-state index contributed by atoms with van der Waals surface area (Å²) in [6, 6.07) is 23.2. The van der Waals surface area contributed by atoms with E-state index in [2.05, 4.69) is 80.7 Å². The molecule has 8 rings (SSSR count). The monoisotopic (exact) mass is 756 g/mol. The fraction of sp³-hybridized carbons (Fsp3) is 0.333. The molecule has 0 unspecified atom stereocenters. The normalized spacial score (nSPS) is 18.1. The second-order valence-electron chi connectivity index (χ2n) is 14.8. The SMILES string of the molecule is COC(=O)N[C@@H](C)C(=O)N1CCC[C@H]1c1nc2ccc(-c3ccc4cc(-c5ccc6nc([C@@H]7CCCN7C(=O)[C@H](C)N(C)C(=O)O)[nH]c6c5)ccc4c3)cc2[nH]1. The van der Waals surface area contributed by atoms with Crippen molar-refractivity contribution in [2.75, 3.05) is 27.2 Å². The van der Waals surface area contributed by atoms with Crippen LogP contribution in [0.25, 0.3) is 55.1 Å². The van der Waals surface area contributed by atoms with Gasteiger partial charge in [-0.05, 0) is 109 Å². The number of carbonyl (C=O) groups excluding carboxylic acids is 3. The second kappa shape index (κ2) is 14.7. The Hall–Kier alpha value is -6.44. The molecule has 0 aliphatic carbocycles. The Kier molecular flexibility index (Phi) is 9.56. The Labute approximate surface area is 322 Å². The summed E-state index contributed by atoms with van der Waals surface area (Å²) in [6.45, 7) is 4.43. The number of methoxy groups -OCH3 is 1. The standard InChI is InChI=1S/C42H44N8O6/c1-23(43-41(53)56-4)39(51)49-17-5-7-35(49)37-44-31-15-13-29(21-33(31)46-37)27-11-9-26-20-28(12-10-25(26)19-27)30-14-16-32-34(22-30)47-38(45-32)36-8-6-18-50(36)40(52)24(2)48(3)42(54)55/h9-16,19-24,35-36H,5-8,17-18H2,1-4H3,(H,43,53)(H,44,46)(H,45,47)(H,54,55)/t23-,24-,35-,36-/m0/s1. The Balaban J connectivity index is 0.996. The Morgan fingerprint density at radius 1 is 0.750 bits per heavy atom. The summed E-state index contributed by atoms with van der Waals surface area (Å²) < 4.78 is 4.67. The van der Waals surface area contributed by atoms with Crippen molar-refractivity contribution in [3.8, 4) is 22.3 Å². The van der Waals surface area contributed by atoms with E-state index in [4.69, 9.17) is 9.97 Å². The lowest BCUT2D eigenvalue weighted by atomic mass is 9.97. The maximum atomic E-state index is 13.3. The molecule has 2 saturated heterocycles. The average molecular weight is 757 g/mol. The van der Waals surface area contributed by atoms with E-state index >= 15 is 0 Å². The van der Waals surface area contributed by atoms with Crippen LogP contribution >= 0.6 is 0 Å². The number of ether oxygens (including phenoxy) is 1. The van der Waals surface area contributed by atoms with Crippen LogP contribution in [0.4, 0.5) is 9.59 Å². The first-order valence-corrected chi connectivity index (χ1v) is 18.9. The minimum atomic E-state index is -1.14. The van der Waals surface area contributed by atoms with Crippen molar-refractivity contribution in [3.05, 3.63) is 84.4 Å². The van der Waals surface area contributed by atoms with E-state index in [-0.39, 0.29) is 23.9 Å². The van der Waals surface area contributed by atoms with Crippen LogP contribution in [0.3, 0.4) is 0 Å². The van der Waals surface area contributed by atoms with Crippen molar-refractivity contribution in [1.82, 2.24) is 40.0 Å². The summed E-state index contributed by atoms with van der Waals surface area (Å²) in [6.07, 6.45) is 1.43. The van der Waals surface area contributed by atoms with Gasteiger partial charge in [-0.25, -0.2) is 19.6 Å². The van der Waals surface area contributed by atoms with Gasteiger partial charge in [0.25, 0.3) is 0 Å². The third kappa shape index (κ3) is 6.75. The van der Waals surface area contributed by atoms with Gasteiger partial charge < -0.3 is 34.9 Å². The molecule has 2 aliphatic rings. The number of alkyl carbamates (subject to hydrolysis) is 1. The van der Waals surface area contributed by atoms with Gasteiger partial charge in [0.2, 0.25) is 11.8 Å². The first-order valence-electron chi connectivity index (χ1n) is 18.9. The number of hydrogen-bond donors (Lipinski definition) is 4. The molecule has 4 N–H and O–H groups in total. The Morgan fingerprint density at radius 2 is 1.21 bits per heavy atom. The molecule has 288 valence electrons. The van der Waals surface area contributed by atoms with Crippen molar-refractivity contribution in [2.45, 2.75) is 63.7 Å². The van der Waals surface area contributed by atoms with E-state index in [1.807, 2.05) is 12.1 Å². The van der Waals surface area contributed by atoms with Crippen LogP contribution in [0.5, 0.6) is 0 Å². The molecule has 0 spiro atoms. The van der Waals surface area contributed by atoms with Crippen LogP contribution in [0.2, 0.25) is 0 Å². The smallest absolute Gasteiger partial charge is 0.407 e. The minimum Gasteiger partial charge on any atom is -0.465 e. The van der Waals surface area contributed by atoms with Crippen LogP contribution in [0.15, 0.2) is 72.8 Å². The molecule has 2 fully saturated rings. The average Bonchev–Trinajstić information content (AvgIpc) is 4.04. The van der Waals surface area contributed by atoms with Crippen molar-refractivity contribution in [2.24, 2.45) is 0 Å². The van der Waals surface area contributed by atoms with E-state index < -0.39 is 24.3 Å². The number of likely N-dealkylation sites (tertiary alicyclic amines) is 2. The maximum absolute atomic E-state index is 13.3. The summed E-state index contributed by atoms with van der Waals surface area (Å²) in [5.74, 6) is 1.04. The zero-order chi connectivity index (χ0) is 39.2. The van der Waals surface area contributed by atoms with Crippen LogP contribution in [0.1, 0.15) is 63.3 Å². The van der Waals surface area contributed by atoms with Gasteiger partial charge in [0, 0.05) is 20.1 Å². The molecule has 4 heterocycles. The third-order valence-electron chi connectivity index (χ3n) is 11.3. The number of likely N-dealkylation sites (N-methyl/N-ethyl adjacent to an activating group) is 1. The van der Waals surface area contributed by atoms with Crippen LogP contribution in [-0.2, 0) is 14.3 Å². The number of hydrogen-bond acceptors (Lipinski definition) is 7. The van der Waals surface area contributed by atoms with Gasteiger partial charge in [-0.3, -0.25) is 14.5 Å². The van der Waals surface area contributed by atoms with Gasteiger partial charge in [0.05, 0.1) is 41.3 Å². The van der Waals surface area contributed by atoms with Gasteiger partial charge in [0.1, 0.15) is 23.7 Å². The number of carboxylic acid groups (broad SMARTS) is 1. The lowest BCUT2D eigenvalue weighted by Crippen LogP contribution is -2.47. The number of aromatic nitrogens is 4. The van der Waals surface area contributed by atoms with Crippen LogP contribution in [0, 0.1) is 0 Å². The van der Waals surface area contributed by atoms with E-state index in [9.17, 15) is 24.3 Å². The van der Waals surface area contributed by atoms with Gasteiger partial charge in [-0.2, -0.15) is 0 Å². The molecule has 14 nitrogen and oxygen atoms in total. The number of rotatable bonds is 8. The van der Waals surface area contributed by atoms with Crippen molar-refractivity contribution < 1.29 is 29.0 Å². The molecule has 4 aromatic carbocycles. The summed E-state index contributed by atoms with van der Waals surface area (Å²) in [5.41, 5.74) is 7.60. The minimum absolute atomic E-state index is 0.171. The molecule has 2 aromatic heterocycles. The summed E-state index contributed by atoms with van der Waals surface area (Å²) >= 11 is 0. The molecule has 0 radical (unpaired) electrons. The number of nitrogens with one attached hydrogen (secondary N) is 3. The highest BCUT2D eigenvalue weighted by Crippen LogP contribution is 2.36. The number of carbonyl (C=O) groups is 4. The highest BCUT2D eigenvalue weighted by Gasteiger charge is 2.37. The molecule has 56 heavy (non-hydrogen) atoms. The van der Waals surface area contributed by atoms with Gasteiger partial charge in [-0.15, -0.1) is 0 Å². The van der Waals surface area contributed by atoms with E-state index in [1.165, 1.54) is 14.2 Å². The molecular formula is C42H44N8O6. The molecule has 2 aliphatic heterocycles. The predicted molar refractivity (Wildman–Crippen MR) is 212 cm³/mol. The number of fused-ring (bicyclic) bond motifs is 3. The molecule has 4 amide bonds. The van der Waals surface area contributed by atoms with Crippen molar-refractivity contribution in [3.63, 3.8) is 0 Å². The second-order valence-corrected chi connectivity index (χ2v) is 14.8. The fourth-order valence-corrected chi connectivity index (χ4v) is 8.09. The summed E-state index contributed by atoms with van der Waals surface area (Å²) in [7, 11) is 2.69. The number of aromatic amines is 2. The number of imidazole rings is 2. The zero-order valence-corrected chi connectivity index (χ0v) is 31.7. The largest absolute Gasteiger partial charge is 0.465 e. The lowest BCUT2D eigenvalue weighted by molar-refractivity contribution is -0.136. The van der Waals surface area contributed by atoms with Gasteiger partial charge in [0.15, 0.2) is 0 Å². The number of amides is 4. The van der Waals surface area contributed by atoms with E-state index in [1.54, 1.807) is 23.6 Å². The fourth-order valence-electron chi connectivity index (χ4n) is 8.09. The number of nitrogens with zero attached hydrogens (tertiary/aromatic N) is 5. The first kappa shape index (κ1) is 36.5. The molecule has 6 aromatic rings. The Bertz CT molecular complexity index is 2510. The topological polar surface area (TPSA) is 177 Å². The first-order chi connectivity index (χ1) is 27.0. The summed E-state index contributed by atoms with van der Waals surface area (Å²) in [4.78, 5) is 70.8. The highest BCUT2D eigenvalue weighted by atomic mass is 16.5. The highest BCUT2D eigenvalue weighted by molar-refractivity contribution is 5.93. The van der Waals surface area contributed by atoms with Crippen LogP contribution < -0.4 is 5.32 Å². The number of H-pyrrole nitrogens is 2. The predicted octanol–water partition coefficient (Wildman–Crippen LogP) is 7.00. The van der Waals surface area contributed by atoms with E-state index in [0.717, 1.165) is 91.5 Å². The zero-order valence-electron chi connectivity index (χ0n) is 31.7. The van der Waals surface area contributed by atoms with Gasteiger partial charge >= 0.3 is 12.2 Å². The molecule has 0 bridgehead atoms. The number of benzene rings is 4. The quantitative estimate of drug-likeness (QED) is 0.128. The maximum Gasteiger partial charge on any atom is 0.407 e. The van der Waals surface area contributed by atoms with Crippen molar-refractivity contribution in [1.29, 1.82) is 0 Å². The van der Waals surface area contributed by atoms with E-state index in [0.29, 0.717) is 18.9 Å². The Morgan fingerprint density at radius 3 is 1.70 bits per heavy atom. The van der Waals surface area contributed by atoms with Crippen LogP contribution in [-0.4, -0.2) is 103 Å². The lowest BCUT2D eigenvalue weighted by Gasteiger charge is -2.29.